The minimum atomic E-state index is -0.153. The van der Waals surface area contributed by atoms with E-state index in [4.69, 9.17) is 0 Å². The van der Waals surface area contributed by atoms with Crippen molar-refractivity contribution in [2.24, 2.45) is 7.05 Å². The molecule has 0 amide bonds. The number of fused-ring (bicyclic) bond motifs is 1. The lowest BCUT2D eigenvalue weighted by Crippen LogP contribution is -2.17. The molecular formula is C14H11N5OS. The number of H-pyrrole nitrogens is 1. The Bertz CT molecular complexity index is 977. The highest BCUT2D eigenvalue weighted by molar-refractivity contribution is 7.08. The molecule has 0 fully saturated rings. The highest BCUT2D eigenvalue weighted by atomic mass is 32.1. The molecule has 4 aromatic heterocycles. The lowest BCUT2D eigenvalue weighted by atomic mass is 10.2. The Labute approximate surface area is 123 Å². The van der Waals surface area contributed by atoms with Crippen molar-refractivity contribution in [3.05, 3.63) is 51.8 Å². The van der Waals surface area contributed by atoms with E-state index in [1.807, 2.05) is 23.9 Å². The first-order chi connectivity index (χ1) is 10.2. The monoisotopic (exact) mass is 297 g/mol. The molecular weight excluding hydrogens is 286 g/mol. The van der Waals surface area contributed by atoms with E-state index in [2.05, 4.69) is 15.2 Å². The molecule has 4 heterocycles. The molecule has 1 N–H and O–H groups in total. The van der Waals surface area contributed by atoms with Gasteiger partial charge in [-0.15, -0.1) is 0 Å². The summed E-state index contributed by atoms with van der Waals surface area (Å²) in [7, 11) is 1.82. The summed E-state index contributed by atoms with van der Waals surface area (Å²) in [4.78, 5) is 17.0. The van der Waals surface area contributed by atoms with E-state index >= 15 is 0 Å². The van der Waals surface area contributed by atoms with Crippen LogP contribution in [0.4, 0.5) is 0 Å². The molecule has 0 unspecified atom stereocenters. The van der Waals surface area contributed by atoms with E-state index in [-0.39, 0.29) is 5.56 Å². The third-order valence-electron chi connectivity index (χ3n) is 3.36. The molecule has 0 aliphatic rings. The number of aryl methyl sites for hydroxylation is 1. The second-order valence-electron chi connectivity index (χ2n) is 4.71. The van der Waals surface area contributed by atoms with Gasteiger partial charge in [0.05, 0.1) is 11.3 Å². The number of nitrogens with zero attached hydrogens (tertiary/aromatic N) is 4. The van der Waals surface area contributed by atoms with Crippen molar-refractivity contribution >= 4 is 17.0 Å². The second kappa shape index (κ2) is 4.42. The number of thiophene rings is 1. The smallest absolute Gasteiger partial charge is 0.282 e. The molecule has 4 aromatic rings. The van der Waals surface area contributed by atoms with Crippen LogP contribution in [0.1, 0.15) is 0 Å². The van der Waals surface area contributed by atoms with Crippen LogP contribution >= 0.6 is 11.3 Å². The van der Waals surface area contributed by atoms with Crippen LogP contribution in [0.5, 0.6) is 0 Å². The predicted octanol–water partition coefficient (Wildman–Crippen LogP) is 2.15. The van der Waals surface area contributed by atoms with Gasteiger partial charge in [0.15, 0.2) is 5.65 Å². The van der Waals surface area contributed by atoms with Crippen molar-refractivity contribution in [3.8, 4) is 22.4 Å². The van der Waals surface area contributed by atoms with Gasteiger partial charge in [0.2, 0.25) is 0 Å². The van der Waals surface area contributed by atoms with Crippen molar-refractivity contribution in [1.29, 1.82) is 0 Å². The maximum atomic E-state index is 12.6. The van der Waals surface area contributed by atoms with Gasteiger partial charge < -0.3 is 0 Å². The molecule has 104 valence electrons. The highest BCUT2D eigenvalue weighted by Crippen LogP contribution is 2.25. The van der Waals surface area contributed by atoms with Crippen LogP contribution in [-0.4, -0.2) is 24.4 Å². The van der Waals surface area contributed by atoms with Crippen LogP contribution in [0, 0.1) is 0 Å². The summed E-state index contributed by atoms with van der Waals surface area (Å²) in [5.74, 6) is 0. The van der Waals surface area contributed by atoms with Gasteiger partial charge in [-0.1, -0.05) is 0 Å². The number of rotatable bonds is 2. The molecule has 0 atom stereocenters. The van der Waals surface area contributed by atoms with Gasteiger partial charge in [-0.05, 0) is 28.5 Å². The average Bonchev–Trinajstić information content (AvgIpc) is 3.17. The fourth-order valence-electron chi connectivity index (χ4n) is 2.32. The van der Waals surface area contributed by atoms with Crippen LogP contribution in [0.3, 0.4) is 0 Å². The zero-order valence-corrected chi connectivity index (χ0v) is 12.0. The van der Waals surface area contributed by atoms with Gasteiger partial charge in [-0.2, -0.15) is 16.4 Å². The maximum Gasteiger partial charge on any atom is 0.282 e. The van der Waals surface area contributed by atoms with E-state index in [1.54, 1.807) is 40.7 Å². The van der Waals surface area contributed by atoms with Crippen molar-refractivity contribution in [2.75, 3.05) is 0 Å². The topological polar surface area (TPSA) is 68.0 Å². The summed E-state index contributed by atoms with van der Waals surface area (Å²) in [5, 5.41) is 11.3. The van der Waals surface area contributed by atoms with Crippen LogP contribution in [0.15, 0.2) is 46.3 Å². The molecule has 0 saturated carbocycles. The number of nitrogens with one attached hydrogen (secondary N) is 1. The molecule has 0 spiro atoms. The number of aromatic nitrogens is 5. The maximum absolute atomic E-state index is 12.6. The average molecular weight is 297 g/mol. The SMILES string of the molecule is Cn1ccc(-c2cnc3c(-c4ccsc4)c[nH]n3c2=O)n1. The van der Waals surface area contributed by atoms with E-state index in [0.29, 0.717) is 16.9 Å². The molecule has 0 saturated heterocycles. The molecule has 0 bridgehead atoms. The van der Waals surface area contributed by atoms with Gasteiger partial charge >= 0.3 is 0 Å². The number of hydrogen-bond donors (Lipinski definition) is 1. The van der Waals surface area contributed by atoms with Crippen LogP contribution in [-0.2, 0) is 7.05 Å². The normalized spacial score (nSPS) is 11.3. The van der Waals surface area contributed by atoms with Crippen LogP contribution < -0.4 is 5.56 Å². The van der Waals surface area contributed by atoms with E-state index in [9.17, 15) is 4.79 Å². The molecule has 7 heteroatoms. The Hall–Kier alpha value is -2.67. The zero-order valence-electron chi connectivity index (χ0n) is 11.1. The van der Waals surface area contributed by atoms with Crippen molar-refractivity contribution < 1.29 is 0 Å². The Morgan fingerprint density at radius 1 is 1.29 bits per heavy atom. The Morgan fingerprint density at radius 2 is 2.19 bits per heavy atom. The first-order valence-corrected chi connectivity index (χ1v) is 7.30. The largest absolute Gasteiger partial charge is 0.296 e. The standard InChI is InChI=1S/C14H11N5OS/c1-18-4-2-12(17-18)11-6-15-13-10(9-3-5-21-8-9)7-16-19(13)14(11)20/h2-8,16H,1H3. The first-order valence-electron chi connectivity index (χ1n) is 6.36. The Balaban J connectivity index is 1.95. The summed E-state index contributed by atoms with van der Waals surface area (Å²) >= 11 is 1.61. The summed E-state index contributed by atoms with van der Waals surface area (Å²) in [5.41, 5.74) is 3.54. The molecule has 0 aliphatic heterocycles. The third kappa shape index (κ3) is 1.82. The van der Waals surface area contributed by atoms with Crippen molar-refractivity contribution in [3.63, 3.8) is 0 Å². The fraction of sp³-hybridized carbons (Fsp3) is 0.0714. The summed E-state index contributed by atoms with van der Waals surface area (Å²) in [6.07, 6.45) is 5.19. The zero-order chi connectivity index (χ0) is 14.4. The Morgan fingerprint density at radius 3 is 2.90 bits per heavy atom. The molecule has 0 aromatic carbocycles. The minimum Gasteiger partial charge on any atom is -0.296 e. The Kier molecular flexibility index (Phi) is 2.55. The van der Waals surface area contributed by atoms with Crippen LogP contribution in [0.2, 0.25) is 0 Å². The predicted molar refractivity (Wildman–Crippen MR) is 81.3 cm³/mol. The second-order valence-corrected chi connectivity index (χ2v) is 5.49. The molecule has 4 rings (SSSR count). The van der Waals surface area contributed by atoms with E-state index in [1.165, 1.54) is 4.52 Å². The molecule has 0 aliphatic carbocycles. The minimum absolute atomic E-state index is 0.153. The third-order valence-corrected chi connectivity index (χ3v) is 4.05. The van der Waals surface area contributed by atoms with Gasteiger partial charge in [0.1, 0.15) is 0 Å². The fourth-order valence-corrected chi connectivity index (χ4v) is 2.98. The number of aromatic amines is 1. The molecule has 6 nitrogen and oxygen atoms in total. The lowest BCUT2D eigenvalue weighted by molar-refractivity contribution is 0.769. The summed E-state index contributed by atoms with van der Waals surface area (Å²) in [6, 6.07) is 3.81. The van der Waals surface area contributed by atoms with Gasteiger partial charge in [-0.3, -0.25) is 14.6 Å². The van der Waals surface area contributed by atoms with E-state index in [0.717, 1.165) is 11.1 Å². The van der Waals surface area contributed by atoms with Gasteiger partial charge in [0, 0.05) is 31.2 Å². The lowest BCUT2D eigenvalue weighted by Gasteiger charge is -1.99. The van der Waals surface area contributed by atoms with Crippen molar-refractivity contribution in [1.82, 2.24) is 24.4 Å². The first kappa shape index (κ1) is 12.1. The molecule has 21 heavy (non-hydrogen) atoms. The quantitative estimate of drug-likeness (QED) is 0.616. The van der Waals surface area contributed by atoms with E-state index < -0.39 is 0 Å². The van der Waals surface area contributed by atoms with Gasteiger partial charge in [-0.25, -0.2) is 9.50 Å². The summed E-state index contributed by atoms with van der Waals surface area (Å²) in [6.45, 7) is 0. The number of hydrogen-bond acceptors (Lipinski definition) is 4. The van der Waals surface area contributed by atoms with Crippen molar-refractivity contribution in [2.45, 2.75) is 0 Å². The van der Waals surface area contributed by atoms with Crippen LogP contribution in [0.25, 0.3) is 28.0 Å². The highest BCUT2D eigenvalue weighted by Gasteiger charge is 2.14. The molecule has 0 radical (unpaired) electrons. The summed E-state index contributed by atoms with van der Waals surface area (Å²) < 4.78 is 3.12. The van der Waals surface area contributed by atoms with Gasteiger partial charge in [0.25, 0.3) is 5.56 Å².